The number of rotatable bonds is 6. The maximum Gasteiger partial charge on any atom is 0.328 e. The van der Waals surface area contributed by atoms with Crippen molar-refractivity contribution in [2.75, 3.05) is 13.2 Å². The molecule has 4 rings (SSSR count). The van der Waals surface area contributed by atoms with E-state index in [2.05, 4.69) is 4.98 Å². The van der Waals surface area contributed by atoms with E-state index in [1.807, 2.05) is 24.3 Å². The number of fused-ring (bicyclic) bond motifs is 3. The number of carboxylic acids is 1. The van der Waals surface area contributed by atoms with Crippen LogP contribution in [0.15, 0.2) is 42.5 Å². The van der Waals surface area contributed by atoms with Crippen molar-refractivity contribution in [2.45, 2.75) is 38.0 Å². The van der Waals surface area contributed by atoms with Gasteiger partial charge < -0.3 is 10.1 Å². The summed E-state index contributed by atoms with van der Waals surface area (Å²) in [6.07, 6.45) is 2.13. The lowest BCUT2D eigenvalue weighted by molar-refractivity contribution is -0.131. The zero-order valence-corrected chi connectivity index (χ0v) is 18.2. The lowest BCUT2D eigenvalue weighted by Crippen LogP contribution is -2.50. The first-order valence-corrected chi connectivity index (χ1v) is 10.6. The van der Waals surface area contributed by atoms with E-state index in [0.29, 0.717) is 5.69 Å². The fourth-order valence-electron chi connectivity index (χ4n) is 4.64. The lowest BCUT2D eigenvalue weighted by atomic mass is 9.86. The van der Waals surface area contributed by atoms with Gasteiger partial charge >= 0.3 is 5.97 Å². The Kier molecular flexibility index (Phi) is 6.05. The third kappa shape index (κ3) is 4.53. The van der Waals surface area contributed by atoms with Gasteiger partial charge in [0.2, 0.25) is 0 Å². The molecule has 0 fully saturated rings. The molecule has 0 saturated heterocycles. The molecule has 0 saturated carbocycles. The lowest BCUT2D eigenvalue weighted by Gasteiger charge is -2.43. The summed E-state index contributed by atoms with van der Waals surface area (Å²) in [7, 11) is 0. The summed E-state index contributed by atoms with van der Waals surface area (Å²) in [5, 5.41) is 9.62. The number of H-pyrrole nitrogens is 1. The van der Waals surface area contributed by atoms with E-state index in [-0.39, 0.29) is 24.1 Å². The summed E-state index contributed by atoms with van der Waals surface area (Å²) < 4.78 is 59.7. The predicted molar refractivity (Wildman–Crippen MR) is 119 cm³/mol. The first kappa shape index (κ1) is 23.0. The molecule has 2 atom stereocenters. The average molecular weight is 460 g/mol. The molecule has 2 aromatic carbocycles. The molecule has 2 unspecified atom stereocenters. The molecule has 33 heavy (non-hydrogen) atoms. The van der Waals surface area contributed by atoms with Gasteiger partial charge in [-0.05, 0) is 55.7 Å². The van der Waals surface area contributed by atoms with E-state index in [1.54, 1.807) is 0 Å². The highest BCUT2D eigenvalue weighted by atomic mass is 19.1. The summed E-state index contributed by atoms with van der Waals surface area (Å²) in [4.78, 5) is 15.5. The van der Waals surface area contributed by atoms with Crippen LogP contribution in [0.1, 0.15) is 42.3 Å². The molecule has 174 valence electrons. The zero-order chi connectivity index (χ0) is 23.9. The fourth-order valence-corrected chi connectivity index (χ4v) is 4.64. The topological polar surface area (TPSA) is 56.3 Å². The number of aliphatic carboxylic acids is 1. The molecule has 0 amide bonds. The quantitative estimate of drug-likeness (QED) is 0.373. The maximum absolute atomic E-state index is 15.4. The van der Waals surface area contributed by atoms with Crippen LogP contribution in [-0.2, 0) is 11.2 Å². The molecule has 4 nitrogen and oxygen atoms in total. The van der Waals surface area contributed by atoms with Crippen molar-refractivity contribution >= 4 is 22.9 Å². The Morgan fingerprint density at radius 3 is 2.52 bits per heavy atom. The van der Waals surface area contributed by atoms with Gasteiger partial charge in [0.25, 0.3) is 0 Å². The van der Waals surface area contributed by atoms with Crippen molar-refractivity contribution in [1.29, 1.82) is 0 Å². The summed E-state index contributed by atoms with van der Waals surface area (Å²) >= 11 is 0. The highest BCUT2D eigenvalue weighted by molar-refractivity contribution is 5.86. The molecule has 1 aliphatic rings. The summed E-state index contributed by atoms with van der Waals surface area (Å²) in [5.41, 5.74) is -0.0578. The van der Waals surface area contributed by atoms with Gasteiger partial charge in [-0.25, -0.2) is 22.4 Å². The molecule has 0 spiro atoms. The number of hydrogen-bond acceptors (Lipinski definition) is 2. The van der Waals surface area contributed by atoms with Crippen LogP contribution < -0.4 is 0 Å². The number of aromatic nitrogens is 1. The van der Waals surface area contributed by atoms with Crippen LogP contribution in [0.2, 0.25) is 0 Å². The molecule has 8 heteroatoms. The minimum Gasteiger partial charge on any atom is -0.478 e. The largest absolute Gasteiger partial charge is 0.478 e. The van der Waals surface area contributed by atoms with Gasteiger partial charge in [0.05, 0.1) is 6.04 Å². The Hall–Kier alpha value is -3.13. The number of hydrogen-bond donors (Lipinski definition) is 2. The molecule has 3 aromatic rings. The summed E-state index contributed by atoms with van der Waals surface area (Å²) in [5.74, 6) is -3.09. The van der Waals surface area contributed by atoms with Crippen LogP contribution in [0.3, 0.4) is 0 Å². The van der Waals surface area contributed by atoms with E-state index >= 15 is 8.78 Å². The van der Waals surface area contributed by atoms with Crippen LogP contribution in [0.4, 0.5) is 17.6 Å². The molecule has 2 N–H and O–H groups in total. The summed E-state index contributed by atoms with van der Waals surface area (Å²) in [6.45, 7) is 1.63. The fraction of sp³-hybridized carbons (Fsp3) is 0.320. The van der Waals surface area contributed by atoms with Gasteiger partial charge in [-0.1, -0.05) is 18.2 Å². The number of halogens is 4. The van der Waals surface area contributed by atoms with Crippen LogP contribution >= 0.6 is 0 Å². The Morgan fingerprint density at radius 1 is 1.24 bits per heavy atom. The third-order valence-electron chi connectivity index (χ3n) is 5.89. The Morgan fingerprint density at radius 2 is 1.91 bits per heavy atom. The highest BCUT2D eigenvalue weighted by Gasteiger charge is 2.42. The number of carbonyl (C=O) groups is 1. The second kappa shape index (κ2) is 8.67. The Labute approximate surface area is 188 Å². The molecule has 2 heterocycles. The number of aromatic amines is 1. The van der Waals surface area contributed by atoms with Crippen molar-refractivity contribution < 1.29 is 27.5 Å². The number of nitrogens with zero attached hydrogens (tertiary/aromatic N) is 1. The SMILES string of the molecule is CC(C)(F)CN1C(CF)Cc2c([nH]c3ccccc23)C1c1c(F)cc(/C=C/C(=O)O)cc1F. The van der Waals surface area contributed by atoms with E-state index < -0.39 is 42.0 Å². The minimum atomic E-state index is -1.74. The molecule has 0 aliphatic carbocycles. The standard InChI is InChI=1S/C25H24F4N2O2/c1-25(2,29)13-31-15(12-26)11-17-16-5-3-4-6-20(16)30-23(17)24(31)22-18(27)9-14(10-19(22)28)7-8-21(32)33/h3-10,15,24,30H,11-13H2,1-2H3,(H,32,33)/b8-7+. The second-order valence-electron chi connectivity index (χ2n) is 8.94. The smallest absolute Gasteiger partial charge is 0.328 e. The van der Waals surface area contributed by atoms with E-state index in [4.69, 9.17) is 5.11 Å². The Balaban J connectivity index is 1.94. The van der Waals surface area contributed by atoms with Gasteiger partial charge in [0.15, 0.2) is 0 Å². The predicted octanol–water partition coefficient (Wildman–Crippen LogP) is 5.58. The number of alkyl halides is 2. The maximum atomic E-state index is 15.4. The molecular formula is C25H24F4N2O2. The number of benzene rings is 2. The summed E-state index contributed by atoms with van der Waals surface area (Å²) in [6, 6.07) is 7.52. The molecule has 0 radical (unpaired) electrons. The zero-order valence-electron chi connectivity index (χ0n) is 18.2. The molecule has 0 bridgehead atoms. The molecular weight excluding hydrogens is 436 g/mol. The van der Waals surface area contributed by atoms with Crippen molar-refractivity contribution in [1.82, 2.24) is 9.88 Å². The number of nitrogens with one attached hydrogen (secondary N) is 1. The molecule has 1 aliphatic heterocycles. The van der Waals surface area contributed by atoms with E-state index in [0.717, 1.165) is 40.8 Å². The van der Waals surface area contributed by atoms with Crippen molar-refractivity contribution in [3.05, 3.63) is 76.5 Å². The average Bonchev–Trinajstić information content (AvgIpc) is 3.10. The minimum absolute atomic E-state index is 0.0308. The number of para-hydroxylation sites is 1. The van der Waals surface area contributed by atoms with Crippen LogP contribution in [0, 0.1) is 11.6 Å². The second-order valence-corrected chi connectivity index (χ2v) is 8.94. The van der Waals surface area contributed by atoms with Crippen molar-refractivity contribution in [2.24, 2.45) is 0 Å². The van der Waals surface area contributed by atoms with Gasteiger partial charge in [-0.2, -0.15) is 0 Å². The van der Waals surface area contributed by atoms with Crippen LogP contribution in [-0.4, -0.2) is 45.9 Å². The number of carboxylic acid groups (broad SMARTS) is 1. The van der Waals surface area contributed by atoms with Crippen LogP contribution in [0.25, 0.3) is 17.0 Å². The van der Waals surface area contributed by atoms with Gasteiger partial charge in [0, 0.05) is 40.8 Å². The third-order valence-corrected chi connectivity index (χ3v) is 5.89. The van der Waals surface area contributed by atoms with Gasteiger partial charge in [0.1, 0.15) is 24.0 Å². The van der Waals surface area contributed by atoms with E-state index in [9.17, 15) is 13.6 Å². The monoisotopic (exact) mass is 460 g/mol. The van der Waals surface area contributed by atoms with Crippen LogP contribution in [0.5, 0.6) is 0 Å². The Bertz CT molecular complexity index is 1210. The van der Waals surface area contributed by atoms with Gasteiger partial charge in [-0.3, -0.25) is 4.90 Å². The first-order chi connectivity index (χ1) is 15.6. The normalized spacial score (nSPS) is 19.3. The first-order valence-electron chi connectivity index (χ1n) is 10.6. The van der Waals surface area contributed by atoms with Crippen molar-refractivity contribution in [3.63, 3.8) is 0 Å². The molecule has 1 aromatic heterocycles. The van der Waals surface area contributed by atoms with Crippen molar-refractivity contribution in [3.8, 4) is 0 Å². The van der Waals surface area contributed by atoms with E-state index in [1.165, 1.54) is 18.7 Å². The highest BCUT2D eigenvalue weighted by Crippen LogP contribution is 2.43. The van der Waals surface area contributed by atoms with Gasteiger partial charge in [-0.15, -0.1) is 0 Å².